The van der Waals surface area contributed by atoms with Gasteiger partial charge in [0.15, 0.2) is 5.76 Å². The molecule has 0 atom stereocenters. The SMILES string of the molecule is O=C(NCc1cccs1)c1cc(=O)c(OCc2ccc(F)cc2)co1. The lowest BCUT2D eigenvalue weighted by atomic mass is 10.2. The van der Waals surface area contributed by atoms with Crippen LogP contribution in [0.5, 0.6) is 5.75 Å². The van der Waals surface area contributed by atoms with E-state index in [0.29, 0.717) is 12.1 Å². The molecule has 3 aromatic rings. The van der Waals surface area contributed by atoms with Gasteiger partial charge in [-0.15, -0.1) is 11.3 Å². The van der Waals surface area contributed by atoms with E-state index in [9.17, 15) is 14.0 Å². The largest absolute Gasteiger partial charge is 0.482 e. The zero-order chi connectivity index (χ0) is 17.6. The number of rotatable bonds is 6. The molecule has 25 heavy (non-hydrogen) atoms. The van der Waals surface area contributed by atoms with Gasteiger partial charge in [0.1, 0.15) is 18.7 Å². The molecule has 0 aliphatic heterocycles. The van der Waals surface area contributed by atoms with Crippen molar-refractivity contribution in [3.05, 3.63) is 86.3 Å². The van der Waals surface area contributed by atoms with Crippen LogP contribution in [0.15, 0.2) is 63.3 Å². The summed E-state index contributed by atoms with van der Waals surface area (Å²) in [7, 11) is 0. The van der Waals surface area contributed by atoms with Crippen molar-refractivity contribution in [2.45, 2.75) is 13.2 Å². The summed E-state index contributed by atoms with van der Waals surface area (Å²) in [4.78, 5) is 25.0. The van der Waals surface area contributed by atoms with Crippen LogP contribution in [0.1, 0.15) is 21.0 Å². The Morgan fingerprint density at radius 3 is 2.72 bits per heavy atom. The van der Waals surface area contributed by atoms with E-state index in [0.717, 1.165) is 17.2 Å². The molecule has 2 heterocycles. The Balaban J connectivity index is 1.60. The molecular formula is C18H14FNO4S. The molecule has 128 valence electrons. The van der Waals surface area contributed by atoms with Gasteiger partial charge in [-0.2, -0.15) is 0 Å². The molecule has 0 radical (unpaired) electrons. The summed E-state index contributed by atoms with van der Waals surface area (Å²) < 4.78 is 23.4. The minimum atomic E-state index is -0.476. The maximum absolute atomic E-state index is 12.8. The van der Waals surface area contributed by atoms with E-state index in [1.165, 1.54) is 23.5 Å². The van der Waals surface area contributed by atoms with Gasteiger partial charge < -0.3 is 14.5 Å². The van der Waals surface area contributed by atoms with Crippen LogP contribution in [0.4, 0.5) is 4.39 Å². The Morgan fingerprint density at radius 2 is 2.04 bits per heavy atom. The molecule has 0 aliphatic rings. The molecule has 7 heteroatoms. The van der Waals surface area contributed by atoms with Gasteiger partial charge in [0.05, 0.1) is 6.54 Å². The topological polar surface area (TPSA) is 68.5 Å². The van der Waals surface area contributed by atoms with Gasteiger partial charge in [0.25, 0.3) is 5.91 Å². The summed E-state index contributed by atoms with van der Waals surface area (Å²) in [6.45, 7) is 0.456. The van der Waals surface area contributed by atoms with Crippen LogP contribution in [-0.2, 0) is 13.2 Å². The maximum atomic E-state index is 12.8. The zero-order valence-corrected chi connectivity index (χ0v) is 13.8. The molecule has 5 nitrogen and oxygen atoms in total. The van der Waals surface area contributed by atoms with Crippen molar-refractivity contribution in [3.63, 3.8) is 0 Å². The van der Waals surface area contributed by atoms with Gasteiger partial charge in [-0.1, -0.05) is 18.2 Å². The minimum absolute atomic E-state index is 0.0147. The molecule has 0 aliphatic carbocycles. The Bertz CT molecular complexity index is 904. The van der Waals surface area contributed by atoms with Crippen molar-refractivity contribution >= 4 is 17.2 Å². The average Bonchev–Trinajstić information content (AvgIpc) is 3.13. The van der Waals surface area contributed by atoms with Crippen molar-refractivity contribution < 1.29 is 18.3 Å². The van der Waals surface area contributed by atoms with Gasteiger partial charge in [-0.3, -0.25) is 9.59 Å². The second-order valence-electron chi connectivity index (χ2n) is 5.15. The van der Waals surface area contributed by atoms with E-state index in [2.05, 4.69) is 5.32 Å². The molecular weight excluding hydrogens is 345 g/mol. The molecule has 2 aromatic heterocycles. The lowest BCUT2D eigenvalue weighted by Gasteiger charge is -2.06. The molecule has 0 fully saturated rings. The number of thiophene rings is 1. The molecule has 0 saturated heterocycles. The molecule has 0 bridgehead atoms. The van der Waals surface area contributed by atoms with Crippen molar-refractivity contribution in [2.75, 3.05) is 0 Å². The first kappa shape index (κ1) is 16.9. The molecule has 0 unspecified atom stereocenters. The van der Waals surface area contributed by atoms with Crippen LogP contribution < -0.4 is 15.5 Å². The maximum Gasteiger partial charge on any atom is 0.287 e. The molecule has 3 rings (SSSR count). The molecule has 0 saturated carbocycles. The number of nitrogens with one attached hydrogen (secondary N) is 1. The van der Waals surface area contributed by atoms with E-state index >= 15 is 0 Å². The standard InChI is InChI=1S/C18H14FNO4S/c19-13-5-3-12(4-6-13)10-23-17-11-24-16(8-15(17)21)18(22)20-9-14-2-1-7-25-14/h1-8,11H,9-10H2,(H,20,22). The normalized spacial score (nSPS) is 10.4. The number of ether oxygens (including phenoxy) is 1. The van der Waals surface area contributed by atoms with Gasteiger partial charge in [0.2, 0.25) is 11.2 Å². The number of halogens is 1. The average molecular weight is 359 g/mol. The predicted octanol–water partition coefficient (Wildman–Crippen LogP) is 3.35. The number of carbonyl (C=O) groups excluding carboxylic acids is 1. The van der Waals surface area contributed by atoms with Gasteiger partial charge in [-0.05, 0) is 29.1 Å². The fraction of sp³-hybridized carbons (Fsp3) is 0.111. The van der Waals surface area contributed by atoms with Crippen LogP contribution in [-0.4, -0.2) is 5.91 Å². The summed E-state index contributed by atoms with van der Waals surface area (Å²) in [5, 5.41) is 4.59. The van der Waals surface area contributed by atoms with Gasteiger partial charge >= 0.3 is 0 Å². The molecule has 1 aromatic carbocycles. The van der Waals surface area contributed by atoms with Crippen LogP contribution in [0.3, 0.4) is 0 Å². The highest BCUT2D eigenvalue weighted by Gasteiger charge is 2.12. The number of hydrogen-bond donors (Lipinski definition) is 1. The first-order valence-corrected chi connectivity index (χ1v) is 8.30. The van der Waals surface area contributed by atoms with Crippen molar-refractivity contribution in [1.29, 1.82) is 0 Å². The summed E-state index contributed by atoms with van der Waals surface area (Å²) in [6.07, 6.45) is 1.10. The van der Waals surface area contributed by atoms with E-state index in [1.807, 2.05) is 17.5 Å². The van der Waals surface area contributed by atoms with Crippen molar-refractivity contribution in [2.24, 2.45) is 0 Å². The van der Waals surface area contributed by atoms with E-state index in [-0.39, 0.29) is 23.9 Å². The first-order valence-electron chi connectivity index (χ1n) is 7.42. The fourth-order valence-electron chi connectivity index (χ4n) is 2.03. The first-order chi connectivity index (χ1) is 12.1. The lowest BCUT2D eigenvalue weighted by Crippen LogP contribution is -2.23. The third kappa shape index (κ3) is 4.54. The fourth-order valence-corrected chi connectivity index (χ4v) is 2.68. The van der Waals surface area contributed by atoms with E-state index < -0.39 is 11.3 Å². The Kier molecular flexibility index (Phi) is 5.25. The third-order valence-electron chi connectivity index (χ3n) is 3.33. The molecule has 1 amide bonds. The Morgan fingerprint density at radius 1 is 1.24 bits per heavy atom. The van der Waals surface area contributed by atoms with Crippen LogP contribution in [0.2, 0.25) is 0 Å². The highest BCUT2D eigenvalue weighted by atomic mass is 32.1. The van der Waals surface area contributed by atoms with Gasteiger partial charge in [0, 0.05) is 10.9 Å². The smallest absolute Gasteiger partial charge is 0.287 e. The highest BCUT2D eigenvalue weighted by molar-refractivity contribution is 7.09. The monoisotopic (exact) mass is 359 g/mol. The summed E-state index contributed by atoms with van der Waals surface area (Å²) in [6, 6.07) is 10.6. The number of hydrogen-bond acceptors (Lipinski definition) is 5. The minimum Gasteiger partial charge on any atom is -0.482 e. The number of benzene rings is 1. The number of carbonyl (C=O) groups is 1. The third-order valence-corrected chi connectivity index (χ3v) is 4.21. The summed E-state index contributed by atoms with van der Waals surface area (Å²) in [5.41, 5.74) is 0.244. The quantitative estimate of drug-likeness (QED) is 0.733. The molecule has 0 spiro atoms. The van der Waals surface area contributed by atoms with Crippen molar-refractivity contribution in [1.82, 2.24) is 5.32 Å². The van der Waals surface area contributed by atoms with Crippen molar-refractivity contribution in [3.8, 4) is 5.75 Å². The van der Waals surface area contributed by atoms with E-state index in [1.54, 1.807) is 12.1 Å². The highest BCUT2D eigenvalue weighted by Crippen LogP contribution is 2.11. The second-order valence-corrected chi connectivity index (χ2v) is 6.18. The van der Waals surface area contributed by atoms with E-state index in [4.69, 9.17) is 9.15 Å². The summed E-state index contributed by atoms with van der Waals surface area (Å²) in [5.74, 6) is -0.924. The number of amides is 1. The van der Waals surface area contributed by atoms with Gasteiger partial charge in [-0.25, -0.2) is 4.39 Å². The Labute approximate surface area is 146 Å². The Hall–Kier alpha value is -2.93. The van der Waals surface area contributed by atoms with Crippen LogP contribution in [0.25, 0.3) is 0 Å². The van der Waals surface area contributed by atoms with Crippen LogP contribution in [0, 0.1) is 5.82 Å². The second kappa shape index (κ2) is 7.76. The summed E-state index contributed by atoms with van der Waals surface area (Å²) >= 11 is 1.52. The molecule has 1 N–H and O–H groups in total. The lowest BCUT2D eigenvalue weighted by molar-refractivity contribution is 0.0920. The predicted molar refractivity (Wildman–Crippen MR) is 91.2 cm³/mol. The van der Waals surface area contributed by atoms with Crippen LogP contribution >= 0.6 is 11.3 Å². The zero-order valence-electron chi connectivity index (χ0n) is 13.0.